The highest BCUT2D eigenvalue weighted by atomic mass is 32.2. The summed E-state index contributed by atoms with van der Waals surface area (Å²) in [6.45, 7) is 15.4. The fourth-order valence-corrected chi connectivity index (χ4v) is 8.45. The third-order valence-corrected chi connectivity index (χ3v) is 13.8. The fraction of sp³-hybridized carbons (Fsp3) is 0.726. The molecule has 4 N–H and O–H groups in total. The lowest BCUT2D eigenvalue weighted by Gasteiger charge is -2.23. The van der Waals surface area contributed by atoms with Crippen molar-refractivity contribution >= 4 is 41.3 Å². The summed E-state index contributed by atoms with van der Waals surface area (Å²) in [4.78, 5) is 63.8. The Balaban J connectivity index is 0.912. The molecule has 0 aliphatic rings. The van der Waals surface area contributed by atoms with Gasteiger partial charge in [0.05, 0.1) is 183 Å². The second kappa shape index (κ2) is 55.0. The number of hydrogen-bond acceptors (Lipinski definition) is 25. The molecule has 0 spiro atoms. The Morgan fingerprint density at radius 2 is 0.777 bits per heavy atom. The zero-order valence-corrected chi connectivity index (χ0v) is 56.3. The van der Waals surface area contributed by atoms with Gasteiger partial charge in [-0.05, 0) is 56.2 Å². The van der Waals surface area contributed by atoms with Crippen LogP contribution in [0.4, 0.5) is 0 Å². The number of amides is 5. The van der Waals surface area contributed by atoms with Crippen LogP contribution in [-0.2, 0) is 102 Å². The van der Waals surface area contributed by atoms with Crippen LogP contribution in [0, 0.1) is 0 Å². The third kappa shape index (κ3) is 41.0. The molecule has 1 aromatic carbocycles. The minimum Gasteiger partial charge on any atom is -0.411 e. The zero-order valence-electron chi connectivity index (χ0n) is 55.4. The normalized spacial score (nSPS) is 11.4. The van der Waals surface area contributed by atoms with E-state index in [0.29, 0.717) is 207 Å². The summed E-state index contributed by atoms with van der Waals surface area (Å²) in [5, 5.41) is 36.2. The number of carbonyl (C=O) groups excluding carboxylic acids is 5. The largest absolute Gasteiger partial charge is 0.411 e. The van der Waals surface area contributed by atoms with Crippen LogP contribution in [0.3, 0.4) is 0 Å². The second-order valence-corrected chi connectivity index (χ2v) is 21.6. The first kappa shape index (κ1) is 80.3. The predicted molar refractivity (Wildman–Crippen MR) is 345 cm³/mol. The van der Waals surface area contributed by atoms with Gasteiger partial charge in [0.1, 0.15) is 0 Å². The fourth-order valence-electron chi connectivity index (χ4n) is 8.16. The highest BCUT2D eigenvalue weighted by molar-refractivity contribution is 7.98. The SMILES string of the molecule is CCCCc1cn(CCOCCC(=O)NCCOCCNC(=O)CCOCCOCCOCCOCCN(CCOCCOCCOCCOCCC(=O)NCCOCCNC(=O)CCOCCn2cc(CCCC)nn2)C(=O)c2ccc(-c3nnc(SC)o3)cc2)nn1. The van der Waals surface area contributed by atoms with Crippen LogP contribution in [0.25, 0.3) is 11.5 Å². The van der Waals surface area contributed by atoms with E-state index in [2.05, 4.69) is 65.9 Å². The van der Waals surface area contributed by atoms with Crippen LogP contribution < -0.4 is 21.3 Å². The number of thioether (sulfide) groups is 1. The lowest BCUT2D eigenvalue weighted by molar-refractivity contribution is -0.123. The van der Waals surface area contributed by atoms with Gasteiger partial charge in [0.15, 0.2) is 0 Å². The molecule has 0 saturated carbocycles. The van der Waals surface area contributed by atoms with Gasteiger partial charge in [-0.3, -0.25) is 24.0 Å². The molecule has 0 radical (unpaired) electrons. The van der Waals surface area contributed by atoms with Gasteiger partial charge in [0, 0.05) is 88.5 Å². The summed E-state index contributed by atoms with van der Waals surface area (Å²) < 4.78 is 76.4. The van der Waals surface area contributed by atoms with Gasteiger partial charge in [-0.1, -0.05) is 48.9 Å². The van der Waals surface area contributed by atoms with E-state index in [9.17, 15) is 24.0 Å². The van der Waals surface area contributed by atoms with Crippen LogP contribution in [-0.4, -0.2) is 279 Å². The number of unbranched alkanes of at least 4 members (excludes halogenated alkanes) is 2. The number of hydrogen-bond donors (Lipinski definition) is 4. The predicted octanol–water partition coefficient (Wildman–Crippen LogP) is 2.39. The molecule has 0 aliphatic heterocycles. The first-order valence-electron chi connectivity index (χ1n) is 32.7. The lowest BCUT2D eigenvalue weighted by Crippen LogP contribution is -2.37. The number of benzene rings is 1. The summed E-state index contributed by atoms with van der Waals surface area (Å²) >= 11 is 1.35. The van der Waals surface area contributed by atoms with Crippen molar-refractivity contribution in [1.82, 2.24) is 66.4 Å². The summed E-state index contributed by atoms with van der Waals surface area (Å²) in [6.07, 6.45) is 12.8. The van der Waals surface area contributed by atoms with E-state index in [4.69, 9.17) is 61.3 Å². The number of carbonyl (C=O) groups is 5. The Kier molecular flexibility index (Phi) is 47.0. The van der Waals surface area contributed by atoms with E-state index >= 15 is 0 Å². The number of ether oxygens (including phenoxy) is 12. The highest BCUT2D eigenvalue weighted by Gasteiger charge is 2.18. The molecule has 0 saturated heterocycles. The smallest absolute Gasteiger partial charge is 0.276 e. The molecule has 3 heterocycles. The van der Waals surface area contributed by atoms with Gasteiger partial charge in [0.25, 0.3) is 11.1 Å². The maximum absolute atomic E-state index is 13.7. The van der Waals surface area contributed by atoms with E-state index in [-0.39, 0.29) is 81.6 Å². The molecular formula is C62H103N13O18S. The molecule has 32 heteroatoms. The van der Waals surface area contributed by atoms with Gasteiger partial charge in [0.2, 0.25) is 29.5 Å². The van der Waals surface area contributed by atoms with Gasteiger partial charge >= 0.3 is 0 Å². The van der Waals surface area contributed by atoms with Crippen molar-refractivity contribution in [3.63, 3.8) is 0 Å². The molecule has 0 atom stereocenters. The second-order valence-electron chi connectivity index (χ2n) is 20.8. The van der Waals surface area contributed by atoms with E-state index in [1.54, 1.807) is 38.5 Å². The number of aryl methyl sites for hydroxylation is 2. The Hall–Kier alpha value is -6.14. The van der Waals surface area contributed by atoms with E-state index in [0.717, 1.165) is 49.9 Å². The molecule has 5 amide bonds. The van der Waals surface area contributed by atoms with Gasteiger partial charge < -0.3 is 87.4 Å². The molecule has 31 nitrogen and oxygen atoms in total. The van der Waals surface area contributed by atoms with E-state index < -0.39 is 0 Å². The van der Waals surface area contributed by atoms with Crippen molar-refractivity contribution in [1.29, 1.82) is 0 Å². The Bertz CT molecular complexity index is 2450. The molecule has 0 aliphatic carbocycles. The van der Waals surface area contributed by atoms with Crippen LogP contribution in [0.15, 0.2) is 46.3 Å². The van der Waals surface area contributed by atoms with E-state index in [1.165, 1.54) is 11.8 Å². The maximum Gasteiger partial charge on any atom is 0.276 e. The van der Waals surface area contributed by atoms with Crippen LogP contribution in [0.2, 0.25) is 0 Å². The monoisotopic (exact) mass is 1350 g/mol. The molecule has 0 unspecified atom stereocenters. The average Bonchev–Trinajstić information content (AvgIpc) is 1.63. The van der Waals surface area contributed by atoms with Crippen molar-refractivity contribution < 1.29 is 85.2 Å². The average molecular weight is 1350 g/mol. The van der Waals surface area contributed by atoms with Crippen molar-refractivity contribution in [2.45, 2.75) is 96.4 Å². The third-order valence-electron chi connectivity index (χ3n) is 13.3. The van der Waals surface area contributed by atoms with Crippen LogP contribution >= 0.6 is 11.8 Å². The number of rotatable bonds is 63. The zero-order chi connectivity index (χ0) is 67.0. The molecule has 3 aromatic heterocycles. The summed E-state index contributed by atoms with van der Waals surface area (Å²) in [6, 6.07) is 6.97. The molecular weight excluding hydrogens is 1250 g/mol. The molecule has 530 valence electrons. The molecule has 4 rings (SSSR count). The summed E-state index contributed by atoms with van der Waals surface area (Å²) in [5.41, 5.74) is 3.13. The quantitative estimate of drug-likeness (QED) is 0.0364. The number of aromatic nitrogens is 8. The van der Waals surface area contributed by atoms with Gasteiger partial charge in [-0.2, -0.15) is 0 Å². The van der Waals surface area contributed by atoms with E-state index in [1.807, 2.05) is 18.6 Å². The van der Waals surface area contributed by atoms with Crippen molar-refractivity contribution in [2.24, 2.45) is 0 Å². The first-order valence-corrected chi connectivity index (χ1v) is 33.9. The minimum atomic E-state index is -0.192. The molecule has 0 fully saturated rings. The van der Waals surface area contributed by atoms with Crippen molar-refractivity contribution in [2.75, 3.05) is 204 Å². The lowest BCUT2D eigenvalue weighted by atomic mass is 10.1. The first-order chi connectivity index (χ1) is 46.2. The topological polar surface area (TPSA) is 348 Å². The summed E-state index contributed by atoms with van der Waals surface area (Å²) in [5.74, 6) is -0.375. The van der Waals surface area contributed by atoms with Gasteiger partial charge in [-0.25, -0.2) is 9.36 Å². The Labute approximate surface area is 556 Å². The highest BCUT2D eigenvalue weighted by Crippen LogP contribution is 2.22. The molecule has 0 bridgehead atoms. The summed E-state index contributed by atoms with van der Waals surface area (Å²) in [7, 11) is 0. The number of nitrogens with one attached hydrogen (secondary N) is 4. The Morgan fingerprint density at radius 1 is 0.436 bits per heavy atom. The maximum atomic E-state index is 13.7. The molecule has 94 heavy (non-hydrogen) atoms. The number of nitrogens with zero attached hydrogens (tertiary/aromatic N) is 9. The molecule has 4 aromatic rings. The van der Waals surface area contributed by atoms with Crippen LogP contribution in [0.1, 0.15) is 87.0 Å². The van der Waals surface area contributed by atoms with Crippen LogP contribution in [0.5, 0.6) is 0 Å². The Morgan fingerprint density at radius 3 is 1.13 bits per heavy atom. The minimum absolute atomic E-state index is 0.121. The van der Waals surface area contributed by atoms with Gasteiger partial charge in [-0.15, -0.1) is 20.4 Å². The van der Waals surface area contributed by atoms with Crippen molar-refractivity contribution in [3.8, 4) is 11.5 Å². The standard InChI is InChI=1S/C62H103N13O18S/c1-4-6-8-54-50-74(71-67-54)24-36-81-26-14-56(76)63-18-30-85-32-20-65-58(78)16-28-83-38-42-89-46-48-91-44-40-87-34-22-73(61(80)53-12-10-52(11-13-53)60-69-70-62(93-60)94-3)23-35-88-41-45-92-49-47-90-43-39-84-29-17-59(79)66-21-33-86-31-19-64-57(77)15-27-82-37-25-75-51-55(68-72-75)9-7-5-2/h10-13,50-51H,4-9,14-49H2,1-3H3,(H,63,76)(H,64,77)(H,65,78)(H,66,79). The van der Waals surface area contributed by atoms with Crippen molar-refractivity contribution in [3.05, 3.63) is 53.6 Å².